The summed E-state index contributed by atoms with van der Waals surface area (Å²) in [5.74, 6) is 0.705. The van der Waals surface area contributed by atoms with Gasteiger partial charge in [-0.1, -0.05) is 12.8 Å². The van der Waals surface area contributed by atoms with Crippen LogP contribution in [0.5, 0.6) is 0 Å². The summed E-state index contributed by atoms with van der Waals surface area (Å²) in [6.45, 7) is 0. The molecule has 3 nitrogen and oxygen atoms in total. The lowest BCUT2D eigenvalue weighted by atomic mass is 10.5. The molecular formula is C5H6N2OS. The Hall–Kier alpha value is -0.900. The SMILES string of the molecule is SN/N=C/c1ccco1. The van der Waals surface area contributed by atoms with Gasteiger partial charge in [0, 0.05) is 0 Å². The van der Waals surface area contributed by atoms with Gasteiger partial charge in [0.15, 0.2) is 0 Å². The first-order valence-electron chi connectivity index (χ1n) is 2.39. The maximum Gasteiger partial charge on any atom is 0.146 e. The number of hydrazone groups is 1. The molecule has 1 aromatic rings. The second-order valence-electron chi connectivity index (χ2n) is 1.37. The van der Waals surface area contributed by atoms with Gasteiger partial charge in [0.25, 0.3) is 0 Å². The normalized spacial score (nSPS) is 10.3. The van der Waals surface area contributed by atoms with Crippen LogP contribution in [0.4, 0.5) is 0 Å². The number of nitrogens with zero attached hydrogens (tertiary/aromatic N) is 1. The third-order valence-electron chi connectivity index (χ3n) is 0.793. The highest BCUT2D eigenvalue weighted by atomic mass is 32.1. The highest BCUT2D eigenvalue weighted by molar-refractivity contribution is 7.78. The minimum absolute atomic E-state index is 0.705. The van der Waals surface area contributed by atoms with E-state index in [2.05, 4.69) is 22.7 Å². The molecule has 1 heterocycles. The smallest absolute Gasteiger partial charge is 0.146 e. The summed E-state index contributed by atoms with van der Waals surface area (Å²) in [5, 5.41) is 3.61. The second kappa shape index (κ2) is 3.19. The van der Waals surface area contributed by atoms with Gasteiger partial charge in [-0.15, -0.1) is 0 Å². The van der Waals surface area contributed by atoms with Gasteiger partial charge in [-0.2, -0.15) is 5.10 Å². The second-order valence-corrected chi connectivity index (χ2v) is 1.57. The summed E-state index contributed by atoms with van der Waals surface area (Å²) in [5.41, 5.74) is 0. The van der Waals surface area contributed by atoms with Crippen LogP contribution in [0.15, 0.2) is 27.9 Å². The lowest BCUT2D eigenvalue weighted by Gasteiger charge is -1.81. The van der Waals surface area contributed by atoms with E-state index in [0.29, 0.717) is 5.76 Å². The molecule has 0 aliphatic carbocycles. The van der Waals surface area contributed by atoms with Gasteiger partial charge in [0.2, 0.25) is 0 Å². The van der Waals surface area contributed by atoms with E-state index in [4.69, 9.17) is 4.42 Å². The van der Waals surface area contributed by atoms with Crippen LogP contribution in [0.1, 0.15) is 5.76 Å². The monoisotopic (exact) mass is 142 g/mol. The molecule has 0 amide bonds. The average molecular weight is 142 g/mol. The molecule has 0 unspecified atom stereocenters. The van der Waals surface area contributed by atoms with Crippen molar-refractivity contribution in [1.29, 1.82) is 0 Å². The first-order chi connectivity index (χ1) is 4.43. The lowest BCUT2D eigenvalue weighted by molar-refractivity contribution is 0.560. The van der Waals surface area contributed by atoms with Crippen molar-refractivity contribution in [3.05, 3.63) is 24.2 Å². The molecule has 0 aliphatic rings. The molecule has 0 bridgehead atoms. The van der Waals surface area contributed by atoms with Gasteiger partial charge in [-0.3, -0.25) is 4.83 Å². The predicted molar refractivity (Wildman–Crippen MR) is 38.4 cm³/mol. The van der Waals surface area contributed by atoms with Crippen molar-refractivity contribution in [2.45, 2.75) is 0 Å². The third-order valence-corrected chi connectivity index (χ3v) is 0.908. The fourth-order valence-corrected chi connectivity index (χ4v) is 0.515. The first-order valence-corrected chi connectivity index (χ1v) is 2.84. The van der Waals surface area contributed by atoms with Gasteiger partial charge < -0.3 is 4.42 Å². The first kappa shape index (κ1) is 6.22. The van der Waals surface area contributed by atoms with Crippen LogP contribution in [-0.4, -0.2) is 6.21 Å². The van der Waals surface area contributed by atoms with Gasteiger partial charge in [-0.05, 0) is 12.1 Å². The fraction of sp³-hybridized carbons (Fsp3) is 0. The average Bonchev–Trinajstić information content (AvgIpc) is 2.34. The van der Waals surface area contributed by atoms with Crippen molar-refractivity contribution in [3.63, 3.8) is 0 Å². The third kappa shape index (κ3) is 1.81. The van der Waals surface area contributed by atoms with Crippen molar-refractivity contribution in [2.24, 2.45) is 5.10 Å². The summed E-state index contributed by atoms with van der Waals surface area (Å²) < 4.78 is 4.91. The number of hydrogen-bond acceptors (Lipinski definition) is 4. The summed E-state index contributed by atoms with van der Waals surface area (Å²) in [7, 11) is 0. The Labute approximate surface area is 58.3 Å². The maximum atomic E-state index is 4.91. The molecule has 0 saturated carbocycles. The van der Waals surface area contributed by atoms with E-state index in [1.54, 1.807) is 18.4 Å². The van der Waals surface area contributed by atoms with E-state index in [1.807, 2.05) is 0 Å². The minimum atomic E-state index is 0.705. The van der Waals surface area contributed by atoms with Crippen LogP contribution in [0.3, 0.4) is 0 Å². The highest BCUT2D eigenvalue weighted by Crippen LogP contribution is 1.93. The number of thiol groups is 1. The number of nitrogens with one attached hydrogen (secondary N) is 1. The fourth-order valence-electron chi connectivity index (χ4n) is 0.457. The van der Waals surface area contributed by atoms with E-state index in [-0.39, 0.29) is 0 Å². The molecule has 0 aliphatic heterocycles. The van der Waals surface area contributed by atoms with Crippen LogP contribution in [0.2, 0.25) is 0 Å². The zero-order valence-corrected chi connectivity index (χ0v) is 5.51. The lowest BCUT2D eigenvalue weighted by Crippen LogP contribution is -1.84. The zero-order valence-electron chi connectivity index (χ0n) is 4.61. The van der Waals surface area contributed by atoms with E-state index in [1.165, 1.54) is 6.21 Å². The standard InChI is InChI=1S/C5H6N2OS/c9-7-6-4-5-2-1-3-8-5/h1-4,7,9H/b6-4+. The summed E-state index contributed by atoms with van der Waals surface area (Å²) in [6.07, 6.45) is 3.12. The quantitative estimate of drug-likeness (QED) is 0.368. The van der Waals surface area contributed by atoms with Gasteiger partial charge in [0.05, 0.1) is 12.5 Å². The molecule has 0 spiro atoms. The molecule has 4 heteroatoms. The van der Waals surface area contributed by atoms with Crippen molar-refractivity contribution in [2.75, 3.05) is 0 Å². The number of hydrogen-bond donors (Lipinski definition) is 2. The van der Waals surface area contributed by atoms with E-state index in [9.17, 15) is 0 Å². The van der Waals surface area contributed by atoms with Crippen LogP contribution in [0, 0.1) is 0 Å². The Morgan fingerprint density at radius 3 is 3.22 bits per heavy atom. The van der Waals surface area contributed by atoms with Crippen LogP contribution in [-0.2, 0) is 0 Å². The van der Waals surface area contributed by atoms with E-state index < -0.39 is 0 Å². The summed E-state index contributed by atoms with van der Waals surface area (Å²) >= 11 is 3.64. The molecule has 0 radical (unpaired) electrons. The Morgan fingerprint density at radius 2 is 2.67 bits per heavy atom. The molecule has 1 aromatic heterocycles. The van der Waals surface area contributed by atoms with Crippen LogP contribution >= 0.6 is 12.8 Å². The van der Waals surface area contributed by atoms with Crippen molar-refractivity contribution in [3.8, 4) is 0 Å². The van der Waals surface area contributed by atoms with Crippen molar-refractivity contribution >= 4 is 19.0 Å². The van der Waals surface area contributed by atoms with Crippen LogP contribution < -0.4 is 4.83 Å². The Bertz CT molecular complexity index is 183. The van der Waals surface area contributed by atoms with Crippen LogP contribution in [0.25, 0.3) is 0 Å². The largest absolute Gasteiger partial charge is 0.463 e. The molecule has 9 heavy (non-hydrogen) atoms. The van der Waals surface area contributed by atoms with E-state index in [0.717, 1.165) is 0 Å². The van der Waals surface area contributed by atoms with Gasteiger partial charge >= 0.3 is 0 Å². The number of rotatable bonds is 2. The Balaban J connectivity index is 2.57. The molecule has 0 aromatic carbocycles. The topological polar surface area (TPSA) is 37.5 Å². The number of furan rings is 1. The van der Waals surface area contributed by atoms with E-state index >= 15 is 0 Å². The highest BCUT2D eigenvalue weighted by Gasteiger charge is 1.84. The molecule has 0 atom stereocenters. The van der Waals surface area contributed by atoms with Gasteiger partial charge in [-0.25, -0.2) is 0 Å². The molecule has 1 rings (SSSR count). The summed E-state index contributed by atoms with van der Waals surface area (Å²) in [6, 6.07) is 3.59. The molecular weight excluding hydrogens is 136 g/mol. The minimum Gasteiger partial charge on any atom is -0.463 e. The molecule has 0 fully saturated rings. The molecule has 0 saturated heterocycles. The Kier molecular flexibility index (Phi) is 2.21. The summed E-state index contributed by atoms with van der Waals surface area (Å²) in [4.78, 5) is 2.31. The zero-order chi connectivity index (χ0) is 6.53. The van der Waals surface area contributed by atoms with Crippen molar-refractivity contribution < 1.29 is 4.42 Å². The Morgan fingerprint density at radius 1 is 1.78 bits per heavy atom. The predicted octanol–water partition coefficient (Wildman–Crippen LogP) is 1.05. The maximum absolute atomic E-state index is 4.91. The van der Waals surface area contributed by atoms with Gasteiger partial charge in [0.1, 0.15) is 5.76 Å². The van der Waals surface area contributed by atoms with Crippen molar-refractivity contribution in [1.82, 2.24) is 4.83 Å². The molecule has 1 N–H and O–H groups in total. The molecule has 48 valence electrons.